The quantitative estimate of drug-likeness (QED) is 0.692. The predicted molar refractivity (Wildman–Crippen MR) is 104 cm³/mol. The van der Waals surface area contributed by atoms with Crippen LogP contribution in [0.3, 0.4) is 0 Å². The van der Waals surface area contributed by atoms with Crippen molar-refractivity contribution in [2.75, 3.05) is 13.6 Å². The second kappa shape index (κ2) is 8.49. The Kier molecular flexibility index (Phi) is 6.58. The van der Waals surface area contributed by atoms with E-state index in [1.807, 2.05) is 37.3 Å². The number of hydrogen-bond donors (Lipinski definition) is 2. The maximum atomic E-state index is 13.9. The van der Waals surface area contributed by atoms with E-state index in [9.17, 15) is 14.3 Å². The number of nitrogens with zero attached hydrogens (tertiary/aromatic N) is 2. The molecule has 0 fully saturated rings. The van der Waals surface area contributed by atoms with Gasteiger partial charge >= 0.3 is 5.69 Å². The molecule has 1 heterocycles. The number of aliphatic hydroxyl groups excluding tert-OH is 1. The Morgan fingerprint density at radius 1 is 1.15 bits per heavy atom. The molecular formula is C19H23ClFN3O2. The molecule has 2 N–H and O–H groups in total. The summed E-state index contributed by atoms with van der Waals surface area (Å²) in [6.45, 7) is 2.65. The molecular weight excluding hydrogens is 357 g/mol. The van der Waals surface area contributed by atoms with Crippen LogP contribution in [0.4, 0.5) is 4.39 Å². The van der Waals surface area contributed by atoms with Gasteiger partial charge in [0.2, 0.25) is 0 Å². The Morgan fingerprint density at radius 3 is 2.46 bits per heavy atom. The van der Waals surface area contributed by atoms with Crippen molar-refractivity contribution in [3.05, 3.63) is 70.4 Å². The summed E-state index contributed by atoms with van der Waals surface area (Å²) in [4.78, 5) is 13.0. The van der Waals surface area contributed by atoms with E-state index in [0.717, 1.165) is 5.56 Å². The smallest absolute Gasteiger partial charge is 0.329 e. The minimum atomic E-state index is -0.843. The molecule has 0 spiro atoms. The summed E-state index contributed by atoms with van der Waals surface area (Å²) in [5, 5.41) is 13.7. The topological polar surface area (TPSA) is 59.2 Å². The minimum Gasteiger partial charge on any atom is -0.389 e. The van der Waals surface area contributed by atoms with Gasteiger partial charge in [-0.05, 0) is 37.7 Å². The Bertz CT molecular complexity index is 924. The van der Waals surface area contributed by atoms with Gasteiger partial charge in [-0.15, -0.1) is 12.4 Å². The molecule has 0 amide bonds. The maximum absolute atomic E-state index is 13.9. The van der Waals surface area contributed by atoms with Crippen LogP contribution in [-0.4, -0.2) is 33.9 Å². The van der Waals surface area contributed by atoms with Crippen molar-refractivity contribution in [1.29, 1.82) is 0 Å². The summed E-state index contributed by atoms with van der Waals surface area (Å²) in [6.07, 6.45) is -0.843. The number of hydrogen-bond acceptors (Lipinski definition) is 3. The lowest BCUT2D eigenvalue weighted by Gasteiger charge is -2.25. The molecule has 2 aromatic carbocycles. The maximum Gasteiger partial charge on any atom is 0.329 e. The summed E-state index contributed by atoms with van der Waals surface area (Å²) in [5.41, 5.74) is 1.68. The van der Waals surface area contributed by atoms with Crippen molar-refractivity contribution in [3.63, 3.8) is 0 Å². The van der Waals surface area contributed by atoms with E-state index >= 15 is 0 Å². The molecule has 3 aromatic rings. The predicted octanol–water partition coefficient (Wildman–Crippen LogP) is 2.55. The highest BCUT2D eigenvalue weighted by Crippen LogP contribution is 2.26. The van der Waals surface area contributed by atoms with E-state index in [1.165, 1.54) is 16.7 Å². The first-order chi connectivity index (χ1) is 12.1. The first-order valence-electron chi connectivity index (χ1n) is 8.36. The van der Waals surface area contributed by atoms with Crippen molar-refractivity contribution in [3.8, 4) is 0 Å². The number of aryl methyl sites for hydroxylation is 1. The fourth-order valence-corrected chi connectivity index (χ4v) is 3.34. The first-order valence-corrected chi connectivity index (χ1v) is 8.36. The summed E-state index contributed by atoms with van der Waals surface area (Å²) in [7, 11) is 1.74. The largest absolute Gasteiger partial charge is 0.389 e. The molecule has 7 heteroatoms. The molecule has 5 nitrogen and oxygen atoms in total. The van der Waals surface area contributed by atoms with Crippen LogP contribution in [-0.2, 0) is 6.54 Å². The van der Waals surface area contributed by atoms with Crippen molar-refractivity contribution in [1.82, 2.24) is 14.5 Å². The highest BCUT2D eigenvalue weighted by Gasteiger charge is 2.27. The van der Waals surface area contributed by atoms with Gasteiger partial charge in [0.25, 0.3) is 0 Å². The Hall–Kier alpha value is -2.15. The molecule has 1 aromatic heterocycles. The lowest BCUT2D eigenvalue weighted by atomic mass is 10.0. The highest BCUT2D eigenvalue weighted by molar-refractivity contribution is 5.85. The average Bonchev–Trinajstić information content (AvgIpc) is 2.88. The zero-order valence-electron chi connectivity index (χ0n) is 14.7. The number of rotatable bonds is 6. The normalized spacial score (nSPS) is 13.4. The summed E-state index contributed by atoms with van der Waals surface area (Å²) >= 11 is 0. The van der Waals surface area contributed by atoms with Crippen molar-refractivity contribution in [2.24, 2.45) is 0 Å². The highest BCUT2D eigenvalue weighted by atomic mass is 35.5. The van der Waals surface area contributed by atoms with Gasteiger partial charge in [0.05, 0.1) is 23.2 Å². The van der Waals surface area contributed by atoms with Gasteiger partial charge in [-0.3, -0.25) is 9.13 Å². The molecule has 0 saturated carbocycles. The van der Waals surface area contributed by atoms with E-state index < -0.39 is 18.0 Å². The number of benzene rings is 2. The Labute approximate surface area is 157 Å². The van der Waals surface area contributed by atoms with Crippen molar-refractivity contribution in [2.45, 2.75) is 25.6 Å². The molecule has 0 radical (unpaired) electrons. The van der Waals surface area contributed by atoms with Gasteiger partial charge < -0.3 is 10.4 Å². The van der Waals surface area contributed by atoms with Gasteiger partial charge in [-0.2, -0.15) is 0 Å². The van der Waals surface area contributed by atoms with Crippen LogP contribution in [0.1, 0.15) is 18.5 Å². The number of halogens is 2. The van der Waals surface area contributed by atoms with E-state index in [4.69, 9.17) is 0 Å². The third-order valence-electron chi connectivity index (χ3n) is 4.44. The van der Waals surface area contributed by atoms with Crippen LogP contribution in [0.25, 0.3) is 11.0 Å². The number of imidazole rings is 1. The molecule has 0 aliphatic heterocycles. The number of nitrogens with one attached hydrogen (secondary N) is 1. The van der Waals surface area contributed by atoms with Crippen molar-refractivity contribution >= 4 is 23.4 Å². The molecule has 3 rings (SSSR count). The number of fused-ring (bicyclic) bond motifs is 1. The first kappa shape index (κ1) is 20.2. The molecule has 2 atom stereocenters. The van der Waals surface area contributed by atoms with Crippen LogP contribution in [0.2, 0.25) is 0 Å². The van der Waals surface area contributed by atoms with E-state index in [-0.39, 0.29) is 18.1 Å². The fourth-order valence-electron chi connectivity index (χ4n) is 3.34. The van der Waals surface area contributed by atoms with Gasteiger partial charge in [0.1, 0.15) is 5.82 Å². The molecule has 0 unspecified atom stereocenters. The molecule has 0 aliphatic rings. The molecule has 0 saturated heterocycles. The van der Waals surface area contributed by atoms with Gasteiger partial charge in [-0.25, -0.2) is 9.18 Å². The summed E-state index contributed by atoms with van der Waals surface area (Å²) in [5.74, 6) is -0.413. The van der Waals surface area contributed by atoms with E-state index in [0.29, 0.717) is 24.1 Å². The lowest BCUT2D eigenvalue weighted by Crippen LogP contribution is -2.38. The summed E-state index contributed by atoms with van der Waals surface area (Å²) in [6, 6.07) is 13.0. The molecule has 26 heavy (non-hydrogen) atoms. The van der Waals surface area contributed by atoms with E-state index in [1.54, 1.807) is 17.7 Å². The van der Waals surface area contributed by atoms with Crippen LogP contribution < -0.4 is 11.0 Å². The Morgan fingerprint density at radius 2 is 1.85 bits per heavy atom. The third-order valence-corrected chi connectivity index (χ3v) is 4.44. The second-order valence-electron chi connectivity index (χ2n) is 6.01. The molecule has 0 bridgehead atoms. The molecule has 0 aliphatic carbocycles. The SMILES string of the molecule is CCn1c(=O)n([C@@H](c2ccccc2)[C@@H](O)CNC)c2cc(F)ccc21.Cl. The number of likely N-dealkylation sites (N-methyl/N-ethyl adjacent to an activating group) is 1. The monoisotopic (exact) mass is 379 g/mol. The zero-order chi connectivity index (χ0) is 18.0. The lowest BCUT2D eigenvalue weighted by molar-refractivity contribution is 0.130. The molecule has 140 valence electrons. The van der Waals surface area contributed by atoms with E-state index in [2.05, 4.69) is 5.32 Å². The van der Waals surface area contributed by atoms with Crippen LogP contribution in [0.5, 0.6) is 0 Å². The fraction of sp³-hybridized carbons (Fsp3) is 0.316. The van der Waals surface area contributed by atoms with Crippen LogP contribution in [0.15, 0.2) is 53.3 Å². The standard InChI is InChI=1S/C19H22FN3O2.ClH/c1-3-22-15-10-9-14(20)11-16(15)23(19(22)25)18(17(24)12-21-2)13-7-5-4-6-8-13;/h4-11,17-18,21,24H,3,12H2,1-2H3;1H/t17-,18-;/m0./s1. The number of aromatic nitrogens is 2. The van der Waals surface area contributed by atoms with Gasteiger partial charge in [-0.1, -0.05) is 30.3 Å². The van der Waals surface area contributed by atoms with Crippen LogP contribution >= 0.6 is 12.4 Å². The average molecular weight is 380 g/mol. The van der Waals surface area contributed by atoms with Crippen LogP contribution in [0, 0.1) is 5.82 Å². The third kappa shape index (κ3) is 3.53. The number of aliphatic hydroxyl groups is 1. The zero-order valence-corrected chi connectivity index (χ0v) is 15.5. The van der Waals surface area contributed by atoms with Gasteiger partial charge in [0.15, 0.2) is 0 Å². The van der Waals surface area contributed by atoms with Gasteiger partial charge in [0, 0.05) is 13.1 Å². The second-order valence-corrected chi connectivity index (χ2v) is 6.01. The Balaban J connectivity index is 0.00000243. The summed E-state index contributed by atoms with van der Waals surface area (Å²) < 4.78 is 17.0. The van der Waals surface area contributed by atoms with Crippen molar-refractivity contribution < 1.29 is 9.50 Å². The minimum absolute atomic E-state index is 0.